The Kier molecular flexibility index (Phi) is 8.54. The molecule has 0 saturated heterocycles. The van der Waals surface area contributed by atoms with Crippen molar-refractivity contribution < 1.29 is 19.4 Å². The molecule has 0 amide bonds. The Hall–Kier alpha value is -1.63. The summed E-state index contributed by atoms with van der Waals surface area (Å²) in [6, 6.07) is 13.5. The van der Waals surface area contributed by atoms with Crippen LogP contribution in [0, 0.1) is 0 Å². The van der Waals surface area contributed by atoms with Gasteiger partial charge in [-0.1, -0.05) is 44.0 Å². The maximum atomic E-state index is 11.2. The van der Waals surface area contributed by atoms with Gasteiger partial charge in [-0.05, 0) is 67.0 Å². The second-order valence-electron chi connectivity index (χ2n) is 5.99. The van der Waals surface area contributed by atoms with Gasteiger partial charge in [-0.3, -0.25) is 0 Å². The summed E-state index contributed by atoms with van der Waals surface area (Å²) in [5.74, 6) is -0.210. The van der Waals surface area contributed by atoms with Crippen LogP contribution in [0.4, 0.5) is 0 Å². The van der Waals surface area contributed by atoms with Crippen molar-refractivity contribution in [3.05, 3.63) is 68.6 Å². The molecule has 1 N–H and O–H groups in total. The van der Waals surface area contributed by atoms with E-state index in [9.17, 15) is 4.79 Å². The minimum absolute atomic E-state index is 0.334. The second kappa shape index (κ2) is 10.6. The van der Waals surface area contributed by atoms with Gasteiger partial charge in [0.05, 0.1) is 0 Å². The van der Waals surface area contributed by atoms with Crippen LogP contribution in [0.3, 0.4) is 0 Å². The van der Waals surface area contributed by atoms with Crippen LogP contribution in [0.5, 0.6) is 5.75 Å². The molecular weight excluding hydrogens is 476 g/mol. The molecule has 27 heavy (non-hydrogen) atoms. The first-order chi connectivity index (χ1) is 12.9. The number of carbonyl (C=O) groups is 1. The number of carboxylic acid groups (broad SMARTS) is 1. The molecule has 1 atom stereocenters. The van der Waals surface area contributed by atoms with E-state index in [0.717, 1.165) is 31.4 Å². The number of hydrogen-bond donors (Lipinski definition) is 1. The van der Waals surface area contributed by atoms with Crippen molar-refractivity contribution in [2.45, 2.75) is 26.4 Å². The van der Waals surface area contributed by atoms with Crippen LogP contribution in [-0.4, -0.2) is 30.4 Å². The number of ether oxygens (including phenoxy) is 2. The Balaban J connectivity index is 1.93. The zero-order valence-corrected chi connectivity index (χ0v) is 18.4. The molecule has 0 spiro atoms. The van der Waals surface area contributed by atoms with Gasteiger partial charge in [0, 0.05) is 22.0 Å². The van der Waals surface area contributed by atoms with E-state index in [1.54, 1.807) is 6.92 Å². The first kappa shape index (κ1) is 21.7. The fourth-order valence-corrected chi connectivity index (χ4v) is 3.81. The van der Waals surface area contributed by atoms with Crippen molar-refractivity contribution in [3.8, 4) is 5.75 Å². The lowest BCUT2D eigenvalue weighted by atomic mass is 10.1. The minimum atomic E-state index is -0.947. The van der Waals surface area contributed by atoms with E-state index in [1.807, 2.05) is 43.3 Å². The summed E-state index contributed by atoms with van der Waals surface area (Å²) in [4.78, 5) is 11.2. The number of allylic oxidation sites excluding steroid dienone is 1. The maximum absolute atomic E-state index is 11.2. The SMILES string of the molecule is CCO[C@@H](Cc1ccc(OC/C=C(\C)c2cc(Br)cc(Br)c2)cc1)C(=O)O. The zero-order chi connectivity index (χ0) is 19.8. The van der Waals surface area contributed by atoms with Crippen molar-refractivity contribution in [3.63, 3.8) is 0 Å². The first-order valence-electron chi connectivity index (χ1n) is 8.58. The summed E-state index contributed by atoms with van der Waals surface area (Å²) in [5, 5.41) is 9.15. The summed E-state index contributed by atoms with van der Waals surface area (Å²) < 4.78 is 13.0. The van der Waals surface area contributed by atoms with Gasteiger partial charge in [0.2, 0.25) is 0 Å². The molecular formula is C21H22Br2O4. The average molecular weight is 498 g/mol. The summed E-state index contributed by atoms with van der Waals surface area (Å²) >= 11 is 6.99. The number of rotatable bonds is 9. The summed E-state index contributed by atoms with van der Waals surface area (Å²) in [6.07, 6.45) is 1.54. The van der Waals surface area contributed by atoms with Crippen molar-refractivity contribution >= 4 is 43.4 Å². The normalized spacial score (nSPS) is 12.7. The molecule has 2 rings (SSSR count). The van der Waals surface area contributed by atoms with Crippen LogP contribution in [0.25, 0.3) is 5.57 Å². The molecule has 0 unspecified atom stereocenters. The third-order valence-corrected chi connectivity index (χ3v) is 4.86. The average Bonchev–Trinajstić information content (AvgIpc) is 2.61. The van der Waals surface area contributed by atoms with Crippen LogP contribution in [0.2, 0.25) is 0 Å². The van der Waals surface area contributed by atoms with E-state index < -0.39 is 12.1 Å². The van der Waals surface area contributed by atoms with Gasteiger partial charge in [-0.25, -0.2) is 4.79 Å². The zero-order valence-electron chi connectivity index (χ0n) is 15.2. The lowest BCUT2D eigenvalue weighted by Gasteiger charge is -2.12. The van der Waals surface area contributed by atoms with Crippen LogP contribution in [0.15, 0.2) is 57.5 Å². The van der Waals surface area contributed by atoms with E-state index >= 15 is 0 Å². The number of halogens is 2. The van der Waals surface area contributed by atoms with E-state index in [1.165, 1.54) is 0 Å². The molecule has 2 aromatic rings. The highest BCUT2D eigenvalue weighted by atomic mass is 79.9. The highest BCUT2D eigenvalue weighted by molar-refractivity contribution is 9.11. The molecule has 0 aliphatic carbocycles. The fourth-order valence-electron chi connectivity index (χ4n) is 2.52. The molecule has 0 aromatic heterocycles. The van der Waals surface area contributed by atoms with Crippen LogP contribution < -0.4 is 4.74 Å². The number of carboxylic acids is 1. The Morgan fingerprint density at radius 2 is 1.78 bits per heavy atom. The molecule has 0 aliphatic heterocycles. The van der Waals surface area contributed by atoms with Gasteiger partial charge in [0.25, 0.3) is 0 Å². The molecule has 0 saturated carbocycles. The van der Waals surface area contributed by atoms with Crippen LogP contribution >= 0.6 is 31.9 Å². The highest BCUT2D eigenvalue weighted by Crippen LogP contribution is 2.24. The van der Waals surface area contributed by atoms with Crippen molar-refractivity contribution in [2.75, 3.05) is 13.2 Å². The van der Waals surface area contributed by atoms with Crippen LogP contribution in [0.1, 0.15) is 25.0 Å². The highest BCUT2D eigenvalue weighted by Gasteiger charge is 2.17. The van der Waals surface area contributed by atoms with Gasteiger partial charge in [-0.15, -0.1) is 0 Å². The number of benzene rings is 2. The monoisotopic (exact) mass is 496 g/mol. The minimum Gasteiger partial charge on any atom is -0.490 e. The molecule has 0 aliphatic rings. The predicted octanol–water partition coefficient (Wildman–Crippen LogP) is 5.73. The third kappa shape index (κ3) is 7.13. The van der Waals surface area contributed by atoms with E-state index in [2.05, 4.69) is 44.0 Å². The Labute approximate surface area is 176 Å². The number of hydrogen-bond acceptors (Lipinski definition) is 3. The largest absolute Gasteiger partial charge is 0.490 e. The second-order valence-corrected chi connectivity index (χ2v) is 7.82. The molecule has 0 radical (unpaired) electrons. The fraction of sp³-hybridized carbons (Fsp3) is 0.286. The topological polar surface area (TPSA) is 55.8 Å². The molecule has 0 fully saturated rings. The van der Waals surface area contributed by atoms with Crippen molar-refractivity contribution in [1.82, 2.24) is 0 Å². The third-order valence-electron chi connectivity index (χ3n) is 3.95. The summed E-state index contributed by atoms with van der Waals surface area (Å²) in [6.45, 7) is 4.65. The van der Waals surface area contributed by atoms with Gasteiger partial charge < -0.3 is 14.6 Å². The maximum Gasteiger partial charge on any atom is 0.333 e. The van der Waals surface area contributed by atoms with E-state index in [-0.39, 0.29) is 0 Å². The summed E-state index contributed by atoms with van der Waals surface area (Å²) in [7, 11) is 0. The number of aliphatic carboxylic acids is 1. The quantitative estimate of drug-likeness (QED) is 0.480. The summed E-state index contributed by atoms with van der Waals surface area (Å²) in [5.41, 5.74) is 3.13. The predicted molar refractivity (Wildman–Crippen MR) is 114 cm³/mol. The Bertz CT molecular complexity index is 780. The standard InChI is InChI=1S/C21H22Br2O4/c1-3-26-20(21(24)25)10-15-4-6-19(7-5-15)27-9-8-14(2)16-11-17(22)13-18(23)12-16/h4-8,11-13,20H,3,9-10H2,1-2H3,(H,24,25)/b14-8+/t20-/m0/s1. The molecule has 0 bridgehead atoms. The Morgan fingerprint density at radius 1 is 1.15 bits per heavy atom. The van der Waals surface area contributed by atoms with Gasteiger partial charge >= 0.3 is 5.97 Å². The lowest BCUT2D eigenvalue weighted by Crippen LogP contribution is -2.26. The molecule has 4 nitrogen and oxygen atoms in total. The van der Waals surface area contributed by atoms with Crippen LogP contribution in [-0.2, 0) is 16.0 Å². The first-order valence-corrected chi connectivity index (χ1v) is 10.2. The molecule has 144 valence electrons. The molecule has 6 heteroatoms. The van der Waals surface area contributed by atoms with Gasteiger partial charge in [0.15, 0.2) is 6.10 Å². The van der Waals surface area contributed by atoms with Crippen molar-refractivity contribution in [2.24, 2.45) is 0 Å². The van der Waals surface area contributed by atoms with E-state index in [4.69, 9.17) is 14.6 Å². The van der Waals surface area contributed by atoms with Crippen molar-refractivity contribution in [1.29, 1.82) is 0 Å². The van der Waals surface area contributed by atoms with Gasteiger partial charge in [0.1, 0.15) is 12.4 Å². The van der Waals surface area contributed by atoms with Gasteiger partial charge in [-0.2, -0.15) is 0 Å². The molecule has 0 heterocycles. The van der Waals surface area contributed by atoms with E-state index in [0.29, 0.717) is 19.6 Å². The Morgan fingerprint density at radius 3 is 2.33 bits per heavy atom. The molecule has 2 aromatic carbocycles. The lowest BCUT2D eigenvalue weighted by molar-refractivity contribution is -0.149. The smallest absolute Gasteiger partial charge is 0.333 e.